The number of hydrogen-bond donors (Lipinski definition) is 2. The van der Waals surface area contributed by atoms with Crippen LogP contribution in [0.4, 0.5) is 4.79 Å². The lowest BCUT2D eigenvalue weighted by molar-refractivity contribution is -0.124. The number of amides is 2. The highest BCUT2D eigenvalue weighted by Gasteiger charge is 2.24. The van der Waals surface area contributed by atoms with E-state index in [0.29, 0.717) is 6.54 Å². The van der Waals surface area contributed by atoms with Crippen LogP contribution in [0, 0.1) is 5.92 Å². The number of carbonyl (C=O) groups is 2. The molecule has 0 aromatic heterocycles. The lowest BCUT2D eigenvalue weighted by Gasteiger charge is -2.21. The highest BCUT2D eigenvalue weighted by atomic mass is 16.5. The molecular formula is C17H26N2O3. The van der Waals surface area contributed by atoms with Gasteiger partial charge in [-0.05, 0) is 17.9 Å². The normalized spacial score (nSPS) is 11.8. The molecule has 5 nitrogen and oxygen atoms in total. The fourth-order valence-corrected chi connectivity index (χ4v) is 1.93. The van der Waals surface area contributed by atoms with Gasteiger partial charge < -0.3 is 15.4 Å². The second-order valence-corrected chi connectivity index (χ2v) is 5.57. The van der Waals surface area contributed by atoms with E-state index in [1.165, 1.54) is 0 Å². The third kappa shape index (κ3) is 6.61. The first-order valence-corrected chi connectivity index (χ1v) is 7.79. The van der Waals surface area contributed by atoms with Crippen molar-refractivity contribution in [2.24, 2.45) is 5.92 Å². The van der Waals surface area contributed by atoms with Crippen molar-refractivity contribution in [3.8, 4) is 0 Å². The third-order valence-electron chi connectivity index (χ3n) is 3.26. The summed E-state index contributed by atoms with van der Waals surface area (Å²) >= 11 is 0. The summed E-state index contributed by atoms with van der Waals surface area (Å²) in [6, 6.07) is 8.85. The van der Waals surface area contributed by atoms with E-state index < -0.39 is 12.1 Å². The third-order valence-corrected chi connectivity index (χ3v) is 3.26. The van der Waals surface area contributed by atoms with Crippen molar-refractivity contribution in [2.75, 3.05) is 6.54 Å². The standard InChI is InChI=1S/C17H26N2O3/c1-4-5-11-18-16(20)15(13(2)3)19-17(21)22-12-14-9-7-6-8-10-14/h6-10,13,15H,4-5,11-12H2,1-3H3,(H,18,20)(H,19,21)/t15-/m1/s1. The molecule has 5 heteroatoms. The van der Waals surface area contributed by atoms with E-state index in [9.17, 15) is 9.59 Å². The van der Waals surface area contributed by atoms with Gasteiger partial charge in [0.05, 0.1) is 0 Å². The molecule has 2 N–H and O–H groups in total. The maximum atomic E-state index is 12.1. The topological polar surface area (TPSA) is 67.4 Å². The smallest absolute Gasteiger partial charge is 0.408 e. The lowest BCUT2D eigenvalue weighted by Crippen LogP contribution is -2.50. The van der Waals surface area contributed by atoms with Crippen LogP contribution in [0.25, 0.3) is 0 Å². The summed E-state index contributed by atoms with van der Waals surface area (Å²) in [5.41, 5.74) is 0.908. The summed E-state index contributed by atoms with van der Waals surface area (Å²) in [7, 11) is 0. The van der Waals surface area contributed by atoms with E-state index in [1.807, 2.05) is 44.2 Å². The average molecular weight is 306 g/mol. The summed E-state index contributed by atoms with van der Waals surface area (Å²) in [5, 5.41) is 5.48. The van der Waals surface area contributed by atoms with Crippen LogP contribution in [-0.2, 0) is 16.1 Å². The first-order chi connectivity index (χ1) is 10.5. The molecule has 2 amide bonds. The van der Waals surface area contributed by atoms with Gasteiger partial charge in [0, 0.05) is 6.54 Å². The van der Waals surface area contributed by atoms with Gasteiger partial charge in [-0.25, -0.2) is 4.79 Å². The molecule has 0 saturated heterocycles. The predicted molar refractivity (Wildman–Crippen MR) is 86.3 cm³/mol. The molecule has 1 aromatic carbocycles. The fourth-order valence-electron chi connectivity index (χ4n) is 1.93. The van der Waals surface area contributed by atoms with Crippen LogP contribution in [-0.4, -0.2) is 24.6 Å². The number of benzene rings is 1. The largest absolute Gasteiger partial charge is 0.445 e. The molecule has 22 heavy (non-hydrogen) atoms. The Labute approximate surface area is 132 Å². The second kappa shape index (κ2) is 9.82. The first-order valence-electron chi connectivity index (χ1n) is 7.79. The molecule has 0 bridgehead atoms. The maximum absolute atomic E-state index is 12.1. The Kier molecular flexibility index (Phi) is 8.04. The van der Waals surface area contributed by atoms with Crippen molar-refractivity contribution in [1.29, 1.82) is 0 Å². The minimum absolute atomic E-state index is 0.00842. The van der Waals surface area contributed by atoms with E-state index in [0.717, 1.165) is 18.4 Å². The van der Waals surface area contributed by atoms with Gasteiger partial charge in [0.15, 0.2) is 0 Å². The monoisotopic (exact) mass is 306 g/mol. The number of hydrogen-bond acceptors (Lipinski definition) is 3. The van der Waals surface area contributed by atoms with Gasteiger partial charge in [-0.2, -0.15) is 0 Å². The number of carbonyl (C=O) groups excluding carboxylic acids is 2. The Morgan fingerprint density at radius 2 is 1.86 bits per heavy atom. The lowest BCUT2D eigenvalue weighted by atomic mass is 10.0. The Morgan fingerprint density at radius 3 is 2.45 bits per heavy atom. The summed E-state index contributed by atoms with van der Waals surface area (Å²) in [5.74, 6) is -0.175. The molecule has 0 aliphatic rings. The first kappa shape index (κ1) is 18.0. The zero-order valence-corrected chi connectivity index (χ0v) is 13.6. The van der Waals surface area contributed by atoms with E-state index >= 15 is 0 Å². The molecule has 1 aromatic rings. The van der Waals surface area contributed by atoms with Crippen LogP contribution in [0.1, 0.15) is 39.2 Å². The molecule has 0 unspecified atom stereocenters. The Hall–Kier alpha value is -2.04. The zero-order chi connectivity index (χ0) is 16.4. The van der Waals surface area contributed by atoms with Gasteiger partial charge in [-0.15, -0.1) is 0 Å². The van der Waals surface area contributed by atoms with Crippen LogP contribution in [0.2, 0.25) is 0 Å². The SMILES string of the molecule is CCCCNC(=O)[C@H](NC(=O)OCc1ccccc1)C(C)C. The molecule has 0 aliphatic carbocycles. The minimum Gasteiger partial charge on any atom is -0.445 e. The van der Waals surface area contributed by atoms with Gasteiger partial charge in [0.1, 0.15) is 12.6 Å². The number of nitrogens with one attached hydrogen (secondary N) is 2. The van der Waals surface area contributed by atoms with Crippen molar-refractivity contribution in [3.63, 3.8) is 0 Å². The van der Waals surface area contributed by atoms with Crippen LogP contribution in [0.5, 0.6) is 0 Å². The van der Waals surface area contributed by atoms with E-state index in [2.05, 4.69) is 17.6 Å². The summed E-state index contributed by atoms with van der Waals surface area (Å²) in [6.45, 7) is 6.66. The Balaban J connectivity index is 2.44. The van der Waals surface area contributed by atoms with Crippen LogP contribution < -0.4 is 10.6 Å². The van der Waals surface area contributed by atoms with Crippen molar-refractivity contribution in [2.45, 2.75) is 46.3 Å². The van der Waals surface area contributed by atoms with Crippen LogP contribution in [0.15, 0.2) is 30.3 Å². The summed E-state index contributed by atoms with van der Waals surface area (Å²) < 4.78 is 5.15. The molecule has 0 fully saturated rings. The van der Waals surface area contributed by atoms with Crippen molar-refractivity contribution >= 4 is 12.0 Å². The summed E-state index contributed by atoms with van der Waals surface area (Å²) in [4.78, 5) is 23.9. The van der Waals surface area contributed by atoms with E-state index in [1.54, 1.807) is 0 Å². The number of unbranched alkanes of at least 4 members (excludes halogenated alkanes) is 1. The van der Waals surface area contributed by atoms with E-state index in [-0.39, 0.29) is 18.4 Å². The minimum atomic E-state index is -0.583. The van der Waals surface area contributed by atoms with Crippen LogP contribution >= 0.6 is 0 Å². The molecule has 0 spiro atoms. The van der Waals surface area contributed by atoms with Gasteiger partial charge in [-0.1, -0.05) is 57.5 Å². The average Bonchev–Trinajstić information content (AvgIpc) is 2.51. The highest BCUT2D eigenvalue weighted by molar-refractivity contribution is 5.85. The molecule has 122 valence electrons. The van der Waals surface area contributed by atoms with Gasteiger partial charge >= 0.3 is 6.09 Å². The van der Waals surface area contributed by atoms with Crippen molar-refractivity contribution in [3.05, 3.63) is 35.9 Å². The molecule has 0 saturated carbocycles. The fraction of sp³-hybridized carbons (Fsp3) is 0.529. The second-order valence-electron chi connectivity index (χ2n) is 5.57. The van der Waals surface area contributed by atoms with Gasteiger partial charge in [0.2, 0.25) is 5.91 Å². The molecule has 0 heterocycles. The number of alkyl carbamates (subject to hydrolysis) is 1. The van der Waals surface area contributed by atoms with E-state index in [4.69, 9.17) is 4.74 Å². The Bertz CT molecular complexity index is 460. The highest BCUT2D eigenvalue weighted by Crippen LogP contribution is 2.04. The van der Waals surface area contributed by atoms with Crippen molar-refractivity contribution < 1.29 is 14.3 Å². The van der Waals surface area contributed by atoms with Gasteiger partial charge in [0.25, 0.3) is 0 Å². The quantitative estimate of drug-likeness (QED) is 0.726. The zero-order valence-electron chi connectivity index (χ0n) is 13.6. The molecule has 1 atom stereocenters. The number of ether oxygens (including phenoxy) is 1. The predicted octanol–water partition coefficient (Wildman–Crippen LogP) is 2.85. The number of rotatable bonds is 8. The van der Waals surface area contributed by atoms with Crippen LogP contribution in [0.3, 0.4) is 0 Å². The maximum Gasteiger partial charge on any atom is 0.408 e. The molecular weight excluding hydrogens is 280 g/mol. The molecule has 0 aliphatic heterocycles. The summed E-state index contributed by atoms with van der Waals surface area (Å²) in [6.07, 6.45) is 1.36. The van der Waals surface area contributed by atoms with Gasteiger partial charge in [-0.3, -0.25) is 4.79 Å². The Morgan fingerprint density at radius 1 is 1.18 bits per heavy atom. The van der Waals surface area contributed by atoms with Crippen molar-refractivity contribution in [1.82, 2.24) is 10.6 Å². The molecule has 0 radical (unpaired) electrons. The molecule has 1 rings (SSSR count).